The summed E-state index contributed by atoms with van der Waals surface area (Å²) in [5.74, 6) is -0.0896. The lowest BCUT2D eigenvalue weighted by Crippen LogP contribution is -2.48. The third-order valence-corrected chi connectivity index (χ3v) is 3.23. The number of amides is 1. The summed E-state index contributed by atoms with van der Waals surface area (Å²) in [4.78, 5) is 12.3. The predicted octanol–water partition coefficient (Wildman–Crippen LogP) is 1.31. The Morgan fingerprint density at radius 1 is 1.36 bits per heavy atom. The van der Waals surface area contributed by atoms with Crippen LogP contribution >= 0.6 is 0 Å². The number of alkyl halides is 3. The number of carbonyl (C=O) groups is 1. The number of morpholine rings is 1. The van der Waals surface area contributed by atoms with Gasteiger partial charge in [0, 0.05) is 19.6 Å². The monoisotopic (exact) mass is 318 g/mol. The highest BCUT2D eigenvalue weighted by molar-refractivity contribution is 5.75. The van der Waals surface area contributed by atoms with Gasteiger partial charge in [-0.1, -0.05) is 12.1 Å². The van der Waals surface area contributed by atoms with E-state index in [1.54, 1.807) is 29.2 Å². The summed E-state index contributed by atoms with van der Waals surface area (Å²) in [7, 11) is 0. The molecule has 2 N–H and O–H groups in total. The zero-order chi connectivity index (χ0) is 16.2. The Morgan fingerprint density at radius 3 is 2.64 bits per heavy atom. The molecule has 0 bridgehead atoms. The van der Waals surface area contributed by atoms with E-state index >= 15 is 0 Å². The molecule has 0 radical (unpaired) electrons. The van der Waals surface area contributed by atoms with E-state index in [9.17, 15) is 18.0 Å². The topological polar surface area (TPSA) is 64.8 Å². The maximum absolute atomic E-state index is 12.7. The SMILES string of the molecule is NC(=O)COc1ccc(CN2CCOC(C(F)(F)F)C2)cc1. The molecule has 22 heavy (non-hydrogen) atoms. The van der Waals surface area contributed by atoms with Crippen molar-refractivity contribution in [3.63, 3.8) is 0 Å². The van der Waals surface area contributed by atoms with Crippen molar-refractivity contribution in [2.45, 2.75) is 18.8 Å². The predicted molar refractivity (Wildman–Crippen MR) is 72.2 cm³/mol. The normalized spacial score (nSPS) is 19.9. The molecule has 1 amide bonds. The lowest BCUT2D eigenvalue weighted by Gasteiger charge is -2.33. The molecule has 8 heteroatoms. The first kappa shape index (κ1) is 16.6. The smallest absolute Gasteiger partial charge is 0.415 e. The highest BCUT2D eigenvalue weighted by atomic mass is 19.4. The molecule has 1 unspecified atom stereocenters. The Labute approximate surface area is 125 Å². The summed E-state index contributed by atoms with van der Waals surface area (Å²) < 4.78 is 47.8. The lowest BCUT2D eigenvalue weighted by molar-refractivity contribution is -0.237. The summed E-state index contributed by atoms with van der Waals surface area (Å²) in [6.45, 7) is 0.516. The number of hydrogen-bond donors (Lipinski definition) is 1. The molecule has 122 valence electrons. The van der Waals surface area contributed by atoms with Crippen LogP contribution in [0.2, 0.25) is 0 Å². The second kappa shape index (κ2) is 6.97. The Bertz CT molecular complexity index is 505. The summed E-state index contributed by atoms with van der Waals surface area (Å²) in [6.07, 6.45) is -6.08. The summed E-state index contributed by atoms with van der Waals surface area (Å²) >= 11 is 0. The van der Waals surface area contributed by atoms with Gasteiger partial charge in [0.05, 0.1) is 6.61 Å². The maximum Gasteiger partial charge on any atom is 0.415 e. The van der Waals surface area contributed by atoms with Crippen molar-refractivity contribution in [3.8, 4) is 5.75 Å². The fourth-order valence-corrected chi connectivity index (χ4v) is 2.15. The third-order valence-electron chi connectivity index (χ3n) is 3.23. The Morgan fingerprint density at radius 2 is 2.05 bits per heavy atom. The molecule has 1 aromatic rings. The van der Waals surface area contributed by atoms with E-state index in [0.717, 1.165) is 5.56 Å². The summed E-state index contributed by atoms with van der Waals surface area (Å²) in [6, 6.07) is 6.79. The van der Waals surface area contributed by atoms with Gasteiger partial charge in [0.15, 0.2) is 12.7 Å². The number of carbonyl (C=O) groups excluding carboxylic acids is 1. The van der Waals surface area contributed by atoms with Crippen LogP contribution < -0.4 is 10.5 Å². The first-order chi connectivity index (χ1) is 10.3. The molecule has 0 saturated carbocycles. The molecule has 0 aromatic heterocycles. The largest absolute Gasteiger partial charge is 0.484 e. The molecule has 0 aliphatic carbocycles. The van der Waals surface area contributed by atoms with E-state index in [2.05, 4.69) is 0 Å². The zero-order valence-electron chi connectivity index (χ0n) is 11.8. The second-order valence-electron chi connectivity index (χ2n) is 5.04. The van der Waals surface area contributed by atoms with Crippen LogP contribution in [0, 0.1) is 0 Å². The second-order valence-corrected chi connectivity index (χ2v) is 5.04. The molecule has 1 fully saturated rings. The van der Waals surface area contributed by atoms with Gasteiger partial charge in [0.1, 0.15) is 5.75 Å². The van der Waals surface area contributed by atoms with Gasteiger partial charge in [0.25, 0.3) is 5.91 Å². The third kappa shape index (κ3) is 4.88. The molecule has 1 saturated heterocycles. The molecular weight excluding hydrogens is 301 g/mol. The minimum atomic E-state index is -4.34. The number of rotatable bonds is 5. The first-order valence-corrected chi connectivity index (χ1v) is 6.75. The van der Waals surface area contributed by atoms with Crippen molar-refractivity contribution < 1.29 is 27.4 Å². The minimum Gasteiger partial charge on any atom is -0.484 e. The van der Waals surface area contributed by atoms with Gasteiger partial charge in [0.2, 0.25) is 0 Å². The van der Waals surface area contributed by atoms with E-state index in [4.69, 9.17) is 15.2 Å². The van der Waals surface area contributed by atoms with Crippen LogP contribution in [0.4, 0.5) is 13.2 Å². The van der Waals surface area contributed by atoms with E-state index in [1.807, 2.05) is 0 Å². The number of benzene rings is 1. The fraction of sp³-hybridized carbons (Fsp3) is 0.500. The Balaban J connectivity index is 1.89. The van der Waals surface area contributed by atoms with Gasteiger partial charge in [-0.3, -0.25) is 9.69 Å². The van der Waals surface area contributed by atoms with Crippen molar-refractivity contribution in [1.82, 2.24) is 4.90 Å². The van der Waals surface area contributed by atoms with Gasteiger partial charge in [-0.05, 0) is 17.7 Å². The van der Waals surface area contributed by atoms with E-state index in [1.165, 1.54) is 0 Å². The molecule has 5 nitrogen and oxygen atoms in total. The van der Waals surface area contributed by atoms with E-state index in [0.29, 0.717) is 18.8 Å². The van der Waals surface area contributed by atoms with Crippen molar-refractivity contribution >= 4 is 5.91 Å². The highest BCUT2D eigenvalue weighted by Crippen LogP contribution is 2.26. The van der Waals surface area contributed by atoms with Crippen LogP contribution in [0.3, 0.4) is 0 Å². The minimum absolute atomic E-state index is 0.0595. The molecule has 1 aliphatic heterocycles. The quantitative estimate of drug-likeness (QED) is 0.889. The fourth-order valence-electron chi connectivity index (χ4n) is 2.15. The average molecular weight is 318 g/mol. The van der Waals surface area contributed by atoms with Crippen molar-refractivity contribution in [3.05, 3.63) is 29.8 Å². The molecule has 2 rings (SSSR count). The van der Waals surface area contributed by atoms with Crippen LogP contribution in [-0.4, -0.2) is 49.4 Å². The Kier molecular flexibility index (Phi) is 5.25. The standard InChI is InChI=1S/C14H17F3N2O3/c15-14(16,17)12-8-19(5-6-21-12)7-10-1-3-11(4-2-10)22-9-13(18)20/h1-4,12H,5-9H2,(H2,18,20). The van der Waals surface area contributed by atoms with E-state index in [-0.39, 0.29) is 19.8 Å². The van der Waals surface area contributed by atoms with Crippen LogP contribution in [0.1, 0.15) is 5.56 Å². The highest BCUT2D eigenvalue weighted by Gasteiger charge is 2.43. The number of ether oxygens (including phenoxy) is 2. The molecule has 1 aromatic carbocycles. The molecule has 1 heterocycles. The van der Waals surface area contributed by atoms with Crippen LogP contribution in [0.15, 0.2) is 24.3 Å². The lowest BCUT2D eigenvalue weighted by atomic mass is 10.2. The first-order valence-electron chi connectivity index (χ1n) is 6.75. The van der Waals surface area contributed by atoms with Crippen LogP contribution in [0.25, 0.3) is 0 Å². The zero-order valence-corrected chi connectivity index (χ0v) is 11.8. The number of nitrogens with zero attached hydrogens (tertiary/aromatic N) is 1. The number of nitrogens with two attached hydrogens (primary N) is 1. The van der Waals surface area contributed by atoms with Gasteiger partial charge < -0.3 is 15.2 Å². The van der Waals surface area contributed by atoms with Gasteiger partial charge >= 0.3 is 6.18 Å². The van der Waals surface area contributed by atoms with Crippen molar-refractivity contribution in [2.24, 2.45) is 5.73 Å². The van der Waals surface area contributed by atoms with Crippen molar-refractivity contribution in [1.29, 1.82) is 0 Å². The number of halogens is 3. The average Bonchev–Trinajstić information content (AvgIpc) is 2.46. The van der Waals surface area contributed by atoms with Crippen molar-refractivity contribution in [2.75, 3.05) is 26.3 Å². The van der Waals surface area contributed by atoms with Gasteiger partial charge in [-0.15, -0.1) is 0 Å². The summed E-state index contributed by atoms with van der Waals surface area (Å²) in [5, 5.41) is 0. The molecule has 1 aliphatic rings. The Hall–Kier alpha value is -1.80. The molecule has 0 spiro atoms. The molecule has 1 atom stereocenters. The van der Waals surface area contributed by atoms with Crippen LogP contribution in [-0.2, 0) is 16.1 Å². The van der Waals surface area contributed by atoms with Gasteiger partial charge in [-0.2, -0.15) is 13.2 Å². The van der Waals surface area contributed by atoms with E-state index < -0.39 is 18.2 Å². The number of hydrogen-bond acceptors (Lipinski definition) is 4. The summed E-state index contributed by atoms with van der Waals surface area (Å²) in [5.41, 5.74) is 5.82. The van der Waals surface area contributed by atoms with Crippen LogP contribution in [0.5, 0.6) is 5.75 Å². The number of primary amides is 1. The maximum atomic E-state index is 12.7. The van der Waals surface area contributed by atoms with Gasteiger partial charge in [-0.25, -0.2) is 0 Å². The molecular formula is C14H17F3N2O3.